The first-order valence-corrected chi connectivity index (χ1v) is 10.3. The summed E-state index contributed by atoms with van der Waals surface area (Å²) in [5.74, 6) is 6.24. The van der Waals surface area contributed by atoms with Gasteiger partial charge in [-0.05, 0) is 55.7 Å². The zero-order valence-corrected chi connectivity index (χ0v) is 17.7. The molecule has 1 aromatic carbocycles. The van der Waals surface area contributed by atoms with Crippen LogP contribution in [0.4, 0.5) is 0 Å². The van der Waals surface area contributed by atoms with Crippen molar-refractivity contribution in [3.63, 3.8) is 0 Å². The van der Waals surface area contributed by atoms with Gasteiger partial charge in [0.15, 0.2) is 0 Å². The van der Waals surface area contributed by atoms with Crippen molar-refractivity contribution in [3.8, 4) is 17.5 Å². The molecule has 5 heteroatoms. The Morgan fingerprint density at radius 1 is 1.39 bits per heavy atom. The fourth-order valence-corrected chi connectivity index (χ4v) is 3.07. The fraction of sp³-hybridized carbons (Fsp3) is 0.192. The van der Waals surface area contributed by atoms with Gasteiger partial charge in [0.2, 0.25) is 0 Å². The van der Waals surface area contributed by atoms with Crippen LogP contribution in [0.15, 0.2) is 89.8 Å². The Kier molecular flexibility index (Phi) is 7.96. The Bertz CT molecular complexity index is 1110. The van der Waals surface area contributed by atoms with Crippen LogP contribution in [0.3, 0.4) is 0 Å². The summed E-state index contributed by atoms with van der Waals surface area (Å²) in [5.41, 5.74) is 4.23. The van der Waals surface area contributed by atoms with Crippen molar-refractivity contribution in [2.45, 2.75) is 19.8 Å². The number of allylic oxidation sites excluding steroid dienone is 6. The molecule has 156 valence electrons. The number of aromatic nitrogens is 2. The van der Waals surface area contributed by atoms with E-state index in [-0.39, 0.29) is 5.91 Å². The van der Waals surface area contributed by atoms with Gasteiger partial charge >= 0.3 is 0 Å². The molecule has 1 N–H and O–H groups in total. The molecule has 0 fully saturated rings. The molecule has 0 bridgehead atoms. The minimum Gasteiger partial charge on any atom is -0.352 e. The second-order valence-electron chi connectivity index (χ2n) is 6.90. The number of benzene rings is 1. The maximum atomic E-state index is 12.7. The van der Waals surface area contributed by atoms with E-state index in [4.69, 9.17) is 0 Å². The van der Waals surface area contributed by atoms with E-state index in [9.17, 15) is 4.79 Å². The Morgan fingerprint density at radius 3 is 3.00 bits per heavy atom. The van der Waals surface area contributed by atoms with E-state index in [1.165, 1.54) is 5.57 Å². The summed E-state index contributed by atoms with van der Waals surface area (Å²) < 4.78 is 1.75. The smallest absolute Gasteiger partial charge is 0.251 e. The maximum absolute atomic E-state index is 12.7. The van der Waals surface area contributed by atoms with E-state index in [0.29, 0.717) is 12.1 Å². The SMILES string of the molecule is C=C/C=C\C(C#Cc1cc(C(=O)NCCCC2=CCN=C2)ccc1-n1cccn1)=C/C. The number of rotatable bonds is 8. The van der Waals surface area contributed by atoms with E-state index in [2.05, 4.69) is 39.9 Å². The second kappa shape index (κ2) is 11.3. The van der Waals surface area contributed by atoms with Gasteiger partial charge in [0.1, 0.15) is 0 Å². The van der Waals surface area contributed by atoms with Crippen LogP contribution in [0.2, 0.25) is 0 Å². The first-order valence-electron chi connectivity index (χ1n) is 10.3. The highest BCUT2D eigenvalue weighted by molar-refractivity contribution is 5.95. The fourth-order valence-electron chi connectivity index (χ4n) is 3.07. The normalized spacial score (nSPS) is 13.1. The molecule has 1 aliphatic heterocycles. The molecule has 2 aromatic rings. The first kappa shape index (κ1) is 21.8. The lowest BCUT2D eigenvalue weighted by Crippen LogP contribution is -2.24. The molecule has 0 radical (unpaired) electrons. The summed E-state index contributed by atoms with van der Waals surface area (Å²) >= 11 is 0. The number of carbonyl (C=O) groups excluding carboxylic acids is 1. The largest absolute Gasteiger partial charge is 0.352 e. The number of nitrogens with zero attached hydrogens (tertiary/aromatic N) is 3. The molecule has 0 unspecified atom stereocenters. The van der Waals surface area contributed by atoms with Gasteiger partial charge in [0.05, 0.1) is 17.8 Å². The molecule has 0 saturated carbocycles. The lowest BCUT2D eigenvalue weighted by Gasteiger charge is -2.09. The molecule has 1 aliphatic rings. The predicted molar refractivity (Wildman–Crippen MR) is 127 cm³/mol. The van der Waals surface area contributed by atoms with Crippen LogP contribution >= 0.6 is 0 Å². The molecule has 0 aliphatic carbocycles. The van der Waals surface area contributed by atoms with Gasteiger partial charge in [-0.1, -0.05) is 42.7 Å². The van der Waals surface area contributed by atoms with E-state index in [1.807, 2.05) is 55.8 Å². The van der Waals surface area contributed by atoms with Crippen molar-refractivity contribution in [3.05, 3.63) is 95.9 Å². The molecular weight excluding hydrogens is 384 g/mol. The third kappa shape index (κ3) is 6.28. The van der Waals surface area contributed by atoms with Gasteiger partial charge in [0, 0.05) is 36.3 Å². The number of carbonyl (C=O) groups is 1. The zero-order valence-electron chi connectivity index (χ0n) is 17.7. The molecule has 2 heterocycles. The Labute approximate surface area is 183 Å². The Morgan fingerprint density at radius 2 is 2.29 bits per heavy atom. The molecule has 1 amide bonds. The maximum Gasteiger partial charge on any atom is 0.251 e. The van der Waals surface area contributed by atoms with Crippen LogP contribution < -0.4 is 5.32 Å². The average molecular weight is 411 g/mol. The summed E-state index contributed by atoms with van der Waals surface area (Å²) in [7, 11) is 0. The van der Waals surface area contributed by atoms with Crippen molar-refractivity contribution in [2.24, 2.45) is 4.99 Å². The number of hydrogen-bond donors (Lipinski definition) is 1. The number of nitrogens with one attached hydrogen (secondary N) is 1. The topological polar surface area (TPSA) is 59.3 Å². The van der Waals surface area contributed by atoms with Crippen molar-refractivity contribution in [1.29, 1.82) is 0 Å². The summed E-state index contributed by atoms with van der Waals surface area (Å²) in [6.07, 6.45) is 16.8. The molecule has 3 rings (SSSR count). The molecule has 0 spiro atoms. The third-order valence-corrected chi connectivity index (χ3v) is 4.72. The van der Waals surface area contributed by atoms with Crippen LogP contribution in [0.5, 0.6) is 0 Å². The summed E-state index contributed by atoms with van der Waals surface area (Å²) in [5, 5.41) is 7.30. The first-order chi connectivity index (χ1) is 15.2. The summed E-state index contributed by atoms with van der Waals surface area (Å²) in [6.45, 7) is 7.01. The molecule has 0 saturated heterocycles. The van der Waals surface area contributed by atoms with Crippen LogP contribution in [-0.4, -0.2) is 35.0 Å². The van der Waals surface area contributed by atoms with Gasteiger partial charge in [-0.15, -0.1) is 0 Å². The molecule has 1 aromatic heterocycles. The van der Waals surface area contributed by atoms with E-state index < -0.39 is 0 Å². The Hall–Kier alpha value is -3.91. The minimum atomic E-state index is -0.109. The highest BCUT2D eigenvalue weighted by atomic mass is 16.1. The predicted octanol–water partition coefficient (Wildman–Crippen LogP) is 4.43. The number of amides is 1. The summed E-state index contributed by atoms with van der Waals surface area (Å²) in [4.78, 5) is 16.8. The lowest BCUT2D eigenvalue weighted by molar-refractivity contribution is 0.0953. The van der Waals surface area contributed by atoms with Gasteiger partial charge in [-0.2, -0.15) is 5.10 Å². The standard InChI is InChI=1S/C26H26N4O/c1-3-5-8-21(4-2)10-11-23-19-24(12-13-25(23)30-18-7-16-29-30)26(31)28-15-6-9-22-14-17-27-20-22/h3-5,7-8,12-14,16,18-20H,1,6,9,15,17H2,2H3,(H,28,31)/b8-5-,21-4+. The monoisotopic (exact) mass is 410 g/mol. The van der Waals surface area contributed by atoms with Crippen LogP contribution in [0.25, 0.3) is 5.69 Å². The molecular formula is C26H26N4O. The van der Waals surface area contributed by atoms with E-state index >= 15 is 0 Å². The van der Waals surface area contributed by atoms with Crippen molar-refractivity contribution >= 4 is 12.1 Å². The zero-order chi connectivity index (χ0) is 21.9. The molecule has 5 nitrogen and oxygen atoms in total. The average Bonchev–Trinajstić information content (AvgIpc) is 3.51. The van der Waals surface area contributed by atoms with Crippen LogP contribution in [-0.2, 0) is 0 Å². The van der Waals surface area contributed by atoms with Gasteiger partial charge in [-0.3, -0.25) is 9.79 Å². The quantitative estimate of drug-likeness (QED) is 0.398. The third-order valence-electron chi connectivity index (χ3n) is 4.72. The lowest BCUT2D eigenvalue weighted by atomic mass is 10.1. The van der Waals surface area contributed by atoms with Crippen molar-refractivity contribution in [1.82, 2.24) is 15.1 Å². The summed E-state index contributed by atoms with van der Waals surface area (Å²) in [6, 6.07) is 7.35. The van der Waals surface area contributed by atoms with Gasteiger partial charge in [0.25, 0.3) is 5.91 Å². The molecule has 31 heavy (non-hydrogen) atoms. The van der Waals surface area contributed by atoms with Crippen LogP contribution in [0.1, 0.15) is 35.7 Å². The highest BCUT2D eigenvalue weighted by Crippen LogP contribution is 2.16. The minimum absolute atomic E-state index is 0.109. The number of hydrogen-bond acceptors (Lipinski definition) is 3. The van der Waals surface area contributed by atoms with Gasteiger partial charge in [-0.25, -0.2) is 4.68 Å². The Balaban J connectivity index is 1.76. The van der Waals surface area contributed by atoms with Gasteiger partial charge < -0.3 is 5.32 Å². The molecule has 0 atom stereocenters. The van der Waals surface area contributed by atoms with Crippen LogP contribution in [0, 0.1) is 11.8 Å². The second-order valence-corrected chi connectivity index (χ2v) is 6.90. The van der Waals surface area contributed by atoms with Crippen molar-refractivity contribution in [2.75, 3.05) is 13.1 Å². The highest BCUT2D eigenvalue weighted by Gasteiger charge is 2.10. The van der Waals surface area contributed by atoms with Crippen molar-refractivity contribution < 1.29 is 4.79 Å². The number of aliphatic imine (C=N–C) groups is 1. The van der Waals surface area contributed by atoms with E-state index in [1.54, 1.807) is 23.0 Å². The van der Waals surface area contributed by atoms with E-state index in [0.717, 1.165) is 36.2 Å².